The van der Waals surface area contributed by atoms with E-state index in [-0.39, 0.29) is 21.7 Å². The quantitative estimate of drug-likeness (QED) is 0.155. The molecule has 0 aliphatic rings. The van der Waals surface area contributed by atoms with Crippen molar-refractivity contribution in [1.29, 1.82) is 0 Å². The molecule has 8 rings (SSSR count). The van der Waals surface area contributed by atoms with Crippen molar-refractivity contribution in [2.45, 2.75) is 90.9 Å². The molecule has 5 aromatic carbocycles. The van der Waals surface area contributed by atoms with Gasteiger partial charge in [0.25, 0.3) is 0 Å². The van der Waals surface area contributed by atoms with E-state index in [2.05, 4.69) is 230 Å². The van der Waals surface area contributed by atoms with Gasteiger partial charge in [-0.1, -0.05) is 148 Å². The Hall–Kier alpha value is -5.94. The molecule has 5 heteroatoms. The first-order valence-electron chi connectivity index (χ1n) is 20.6. The first-order valence-corrected chi connectivity index (χ1v) is 20.6. The van der Waals surface area contributed by atoms with Crippen molar-refractivity contribution in [3.8, 4) is 11.5 Å². The predicted octanol–water partition coefficient (Wildman–Crippen LogP) is 13.4. The maximum atomic E-state index is 5.18. The second-order valence-electron chi connectivity index (χ2n) is 19.1. The van der Waals surface area contributed by atoms with E-state index in [0.717, 1.165) is 39.6 Å². The van der Waals surface area contributed by atoms with Gasteiger partial charge in [0.1, 0.15) is 5.82 Å². The predicted molar refractivity (Wildman–Crippen MR) is 245 cm³/mol. The van der Waals surface area contributed by atoms with Crippen LogP contribution in [0.5, 0.6) is 0 Å². The van der Waals surface area contributed by atoms with Crippen molar-refractivity contribution in [3.05, 3.63) is 179 Å². The first kappa shape index (κ1) is 38.9. The minimum Gasteiger partial charge on any atom is -0.344 e. The lowest BCUT2D eigenvalue weighted by Crippen LogP contribution is -2.19. The number of fused-ring (bicyclic) bond motifs is 3. The molecule has 3 heterocycles. The second-order valence-corrected chi connectivity index (χ2v) is 19.1. The highest BCUT2D eigenvalue weighted by atomic mass is 15.3. The molecule has 5 nitrogen and oxygen atoms in total. The summed E-state index contributed by atoms with van der Waals surface area (Å²) < 4.78 is 4.50. The number of aromatic nitrogens is 4. The number of benzene rings is 5. The standard InChI is InChI=1S/C53H57N5/c1-50(2,3)47-35-48(51(4,5)6)58(55-47)42-24-18-23-40(33-42)56(11)41-26-27-43-44-31-38(52(7,8)36-19-14-12-15-20-36)25-28-45(44)57(46(43)34-41)49-32-39(29-30-54-49)53(9,10)37-21-16-13-17-22-37/h12-35H,1-11H3. The highest BCUT2D eigenvalue weighted by Gasteiger charge is 2.29. The average molecular weight is 764 g/mol. The summed E-state index contributed by atoms with van der Waals surface area (Å²) in [6.45, 7) is 22.7. The maximum Gasteiger partial charge on any atom is 0.137 e. The molecule has 0 saturated carbocycles. The molecule has 0 saturated heterocycles. The van der Waals surface area contributed by atoms with Gasteiger partial charge in [0, 0.05) is 62.7 Å². The number of hydrogen-bond donors (Lipinski definition) is 0. The van der Waals surface area contributed by atoms with Gasteiger partial charge in [-0.25, -0.2) is 9.67 Å². The van der Waals surface area contributed by atoms with Crippen LogP contribution in [0.2, 0.25) is 0 Å². The minimum absolute atomic E-state index is 0.0583. The highest BCUT2D eigenvalue weighted by molar-refractivity contribution is 6.10. The summed E-state index contributed by atoms with van der Waals surface area (Å²) in [5.41, 5.74) is 12.3. The van der Waals surface area contributed by atoms with Gasteiger partial charge in [-0.3, -0.25) is 4.57 Å². The molecule has 0 aliphatic heterocycles. The fourth-order valence-corrected chi connectivity index (χ4v) is 8.29. The molecule has 0 bridgehead atoms. The Balaban J connectivity index is 1.29. The maximum absolute atomic E-state index is 5.18. The van der Waals surface area contributed by atoms with Crippen molar-refractivity contribution in [1.82, 2.24) is 19.3 Å². The summed E-state index contributed by atoms with van der Waals surface area (Å²) in [6.07, 6.45) is 1.97. The number of rotatable bonds is 8. The Morgan fingerprint density at radius 1 is 0.483 bits per heavy atom. The molecule has 0 amide bonds. The molecule has 0 aliphatic carbocycles. The third kappa shape index (κ3) is 6.91. The van der Waals surface area contributed by atoms with Crippen LogP contribution in [0.25, 0.3) is 33.3 Å². The normalized spacial score (nSPS) is 12.7. The van der Waals surface area contributed by atoms with E-state index in [1.54, 1.807) is 0 Å². The van der Waals surface area contributed by atoms with E-state index < -0.39 is 0 Å². The lowest BCUT2D eigenvalue weighted by Gasteiger charge is -2.27. The molecule has 0 N–H and O–H groups in total. The summed E-state index contributed by atoms with van der Waals surface area (Å²) in [4.78, 5) is 7.35. The second kappa shape index (κ2) is 14.2. The summed E-state index contributed by atoms with van der Waals surface area (Å²) in [6, 6.07) is 50.9. The topological polar surface area (TPSA) is 38.9 Å². The summed E-state index contributed by atoms with van der Waals surface area (Å²) in [5.74, 6) is 0.904. The van der Waals surface area contributed by atoms with E-state index in [0.29, 0.717) is 0 Å². The molecule has 294 valence electrons. The number of hydrogen-bond acceptors (Lipinski definition) is 3. The summed E-state index contributed by atoms with van der Waals surface area (Å²) >= 11 is 0. The van der Waals surface area contributed by atoms with Gasteiger partial charge in [-0.15, -0.1) is 0 Å². The Kier molecular flexibility index (Phi) is 9.50. The van der Waals surface area contributed by atoms with Crippen molar-refractivity contribution in [3.63, 3.8) is 0 Å². The number of anilines is 2. The van der Waals surface area contributed by atoms with E-state index in [9.17, 15) is 0 Å². The SMILES string of the molecule is CN(c1cccc(-n2nc(C(C)(C)C)cc2C(C)(C)C)c1)c1ccc2c3cc(C(C)(C)c4ccccc4)ccc3n(-c3cc(C(C)(C)c4ccccc4)ccn3)c2c1. The van der Waals surface area contributed by atoms with Crippen LogP contribution in [-0.2, 0) is 21.7 Å². The van der Waals surface area contributed by atoms with Gasteiger partial charge in [0.2, 0.25) is 0 Å². The Morgan fingerprint density at radius 2 is 1.10 bits per heavy atom. The van der Waals surface area contributed by atoms with Crippen LogP contribution in [0.15, 0.2) is 146 Å². The Labute approximate surface area is 345 Å². The first-order chi connectivity index (χ1) is 27.4. The van der Waals surface area contributed by atoms with Gasteiger partial charge in [-0.2, -0.15) is 5.10 Å². The fraction of sp³-hybridized carbons (Fsp3) is 0.283. The molecule has 58 heavy (non-hydrogen) atoms. The van der Waals surface area contributed by atoms with Crippen LogP contribution in [0, 0.1) is 0 Å². The monoisotopic (exact) mass is 763 g/mol. The van der Waals surface area contributed by atoms with Gasteiger partial charge in [0.05, 0.1) is 22.4 Å². The lowest BCUT2D eigenvalue weighted by molar-refractivity contribution is 0.537. The largest absolute Gasteiger partial charge is 0.344 e. The molecule has 0 unspecified atom stereocenters. The molecule has 0 radical (unpaired) electrons. The Bertz CT molecular complexity index is 2750. The smallest absolute Gasteiger partial charge is 0.137 e. The van der Waals surface area contributed by atoms with Gasteiger partial charge < -0.3 is 4.90 Å². The van der Waals surface area contributed by atoms with Crippen molar-refractivity contribution < 1.29 is 0 Å². The van der Waals surface area contributed by atoms with Gasteiger partial charge in [0.15, 0.2) is 0 Å². The van der Waals surface area contributed by atoms with Crippen LogP contribution in [0.1, 0.15) is 103 Å². The van der Waals surface area contributed by atoms with Crippen molar-refractivity contribution in [2.24, 2.45) is 0 Å². The van der Waals surface area contributed by atoms with E-state index in [1.807, 2.05) is 6.20 Å². The van der Waals surface area contributed by atoms with E-state index >= 15 is 0 Å². The average Bonchev–Trinajstić information content (AvgIpc) is 3.82. The Morgan fingerprint density at radius 3 is 1.72 bits per heavy atom. The van der Waals surface area contributed by atoms with Crippen LogP contribution in [-0.4, -0.2) is 26.4 Å². The van der Waals surface area contributed by atoms with E-state index in [1.165, 1.54) is 38.7 Å². The van der Waals surface area contributed by atoms with Crippen LogP contribution >= 0.6 is 0 Å². The zero-order valence-electron chi connectivity index (χ0n) is 36.1. The van der Waals surface area contributed by atoms with Crippen molar-refractivity contribution in [2.75, 3.05) is 11.9 Å². The molecular weight excluding hydrogens is 707 g/mol. The zero-order chi connectivity index (χ0) is 41.2. The van der Waals surface area contributed by atoms with E-state index in [4.69, 9.17) is 10.1 Å². The van der Waals surface area contributed by atoms with Crippen LogP contribution < -0.4 is 4.90 Å². The molecular formula is C53H57N5. The molecule has 0 atom stereocenters. The lowest BCUT2D eigenvalue weighted by atomic mass is 9.78. The number of nitrogens with zero attached hydrogens (tertiary/aromatic N) is 5. The van der Waals surface area contributed by atoms with Crippen LogP contribution in [0.4, 0.5) is 11.4 Å². The van der Waals surface area contributed by atoms with Gasteiger partial charge >= 0.3 is 0 Å². The van der Waals surface area contributed by atoms with Gasteiger partial charge in [-0.05, 0) is 82.9 Å². The van der Waals surface area contributed by atoms with Crippen molar-refractivity contribution >= 4 is 33.2 Å². The zero-order valence-corrected chi connectivity index (χ0v) is 36.1. The highest BCUT2D eigenvalue weighted by Crippen LogP contribution is 2.41. The molecule has 8 aromatic rings. The molecule has 0 spiro atoms. The van der Waals surface area contributed by atoms with Crippen LogP contribution in [0.3, 0.4) is 0 Å². The summed E-state index contributed by atoms with van der Waals surface area (Å²) in [7, 11) is 2.16. The summed E-state index contributed by atoms with van der Waals surface area (Å²) in [5, 5.41) is 7.59. The number of pyridine rings is 1. The molecule has 0 fully saturated rings. The minimum atomic E-state index is -0.212. The third-order valence-corrected chi connectivity index (χ3v) is 12.3. The molecule has 3 aromatic heterocycles. The third-order valence-electron chi connectivity index (χ3n) is 12.3. The fourth-order valence-electron chi connectivity index (χ4n) is 8.29.